The van der Waals surface area contributed by atoms with E-state index in [1.807, 2.05) is 32.0 Å². The van der Waals surface area contributed by atoms with E-state index in [-0.39, 0.29) is 12.5 Å². The number of halogens is 1. The third-order valence-electron chi connectivity index (χ3n) is 3.40. The Kier molecular flexibility index (Phi) is 5.77. The molecule has 0 saturated heterocycles. The summed E-state index contributed by atoms with van der Waals surface area (Å²) >= 11 is 6.01. The standard InChI is InChI=1S/C18H20ClN3O/c1-12-8-13(2)18(14(3)9-12)20-11-17(23)22-21-10-15-6-4-5-7-16(15)19/h4-10,20H,11H2,1-3H3,(H,22,23)/b21-10-. The van der Waals surface area contributed by atoms with Crippen molar-refractivity contribution in [3.05, 3.63) is 63.7 Å². The second kappa shape index (κ2) is 7.79. The van der Waals surface area contributed by atoms with Crippen LogP contribution in [0.2, 0.25) is 5.02 Å². The van der Waals surface area contributed by atoms with Crippen molar-refractivity contribution in [2.75, 3.05) is 11.9 Å². The van der Waals surface area contributed by atoms with Crippen molar-refractivity contribution in [1.82, 2.24) is 5.43 Å². The van der Waals surface area contributed by atoms with E-state index >= 15 is 0 Å². The highest BCUT2D eigenvalue weighted by Gasteiger charge is 2.05. The normalized spacial score (nSPS) is 10.8. The zero-order valence-electron chi connectivity index (χ0n) is 13.5. The van der Waals surface area contributed by atoms with Crippen molar-refractivity contribution in [2.24, 2.45) is 5.10 Å². The Labute approximate surface area is 141 Å². The first-order valence-electron chi connectivity index (χ1n) is 7.35. The smallest absolute Gasteiger partial charge is 0.259 e. The van der Waals surface area contributed by atoms with Crippen molar-refractivity contribution in [2.45, 2.75) is 20.8 Å². The van der Waals surface area contributed by atoms with Crippen LogP contribution in [0.4, 0.5) is 5.69 Å². The molecule has 0 atom stereocenters. The maximum atomic E-state index is 11.9. The van der Waals surface area contributed by atoms with Crippen molar-refractivity contribution >= 4 is 29.4 Å². The minimum atomic E-state index is -0.215. The fourth-order valence-electron chi connectivity index (χ4n) is 2.42. The topological polar surface area (TPSA) is 53.5 Å². The molecule has 0 aromatic heterocycles. The number of aryl methyl sites for hydroxylation is 3. The Morgan fingerprint density at radius 2 is 1.83 bits per heavy atom. The average molecular weight is 330 g/mol. The first-order valence-corrected chi connectivity index (χ1v) is 7.73. The molecule has 5 heteroatoms. The van der Waals surface area contributed by atoms with Gasteiger partial charge in [0.1, 0.15) is 0 Å². The molecule has 120 valence electrons. The van der Waals surface area contributed by atoms with E-state index < -0.39 is 0 Å². The predicted molar refractivity (Wildman–Crippen MR) is 96.3 cm³/mol. The molecule has 0 spiro atoms. The molecule has 0 aliphatic carbocycles. The lowest BCUT2D eigenvalue weighted by molar-refractivity contribution is -0.119. The third-order valence-corrected chi connectivity index (χ3v) is 3.75. The van der Waals surface area contributed by atoms with E-state index in [4.69, 9.17) is 11.6 Å². The van der Waals surface area contributed by atoms with Crippen LogP contribution in [-0.2, 0) is 4.79 Å². The van der Waals surface area contributed by atoms with Gasteiger partial charge in [-0.3, -0.25) is 4.79 Å². The van der Waals surface area contributed by atoms with Crippen LogP contribution in [0.5, 0.6) is 0 Å². The van der Waals surface area contributed by atoms with Crippen molar-refractivity contribution in [3.8, 4) is 0 Å². The molecule has 0 heterocycles. The maximum absolute atomic E-state index is 11.9. The van der Waals surface area contributed by atoms with Gasteiger partial charge in [-0.15, -0.1) is 0 Å². The molecular weight excluding hydrogens is 310 g/mol. The molecule has 0 bridgehead atoms. The molecule has 2 N–H and O–H groups in total. The van der Waals surface area contributed by atoms with Gasteiger partial charge in [0.2, 0.25) is 0 Å². The van der Waals surface area contributed by atoms with E-state index in [1.54, 1.807) is 6.07 Å². The van der Waals surface area contributed by atoms with Crippen LogP contribution in [0.15, 0.2) is 41.5 Å². The van der Waals surface area contributed by atoms with Crippen molar-refractivity contribution in [3.63, 3.8) is 0 Å². The van der Waals surface area contributed by atoms with E-state index in [1.165, 1.54) is 11.8 Å². The molecule has 23 heavy (non-hydrogen) atoms. The van der Waals surface area contributed by atoms with Gasteiger partial charge in [-0.25, -0.2) is 5.43 Å². The molecule has 0 aliphatic rings. The number of carbonyl (C=O) groups is 1. The number of benzene rings is 2. The summed E-state index contributed by atoms with van der Waals surface area (Å²) in [4.78, 5) is 11.9. The summed E-state index contributed by atoms with van der Waals surface area (Å²) in [6, 6.07) is 11.5. The molecule has 2 aromatic rings. The van der Waals surface area contributed by atoms with Crippen LogP contribution in [0, 0.1) is 20.8 Å². The molecule has 0 fully saturated rings. The first kappa shape index (κ1) is 17.0. The second-order valence-corrected chi connectivity index (χ2v) is 5.85. The van der Waals surface area contributed by atoms with Gasteiger partial charge >= 0.3 is 0 Å². The Morgan fingerprint density at radius 3 is 2.48 bits per heavy atom. The Hall–Kier alpha value is -2.33. The third kappa shape index (κ3) is 4.83. The molecule has 0 radical (unpaired) electrons. The number of rotatable bonds is 5. The van der Waals surface area contributed by atoms with Gasteiger partial charge in [0.25, 0.3) is 5.91 Å². The maximum Gasteiger partial charge on any atom is 0.259 e. The van der Waals surface area contributed by atoms with Crippen LogP contribution < -0.4 is 10.7 Å². The van der Waals surface area contributed by atoms with Crippen LogP contribution in [0.1, 0.15) is 22.3 Å². The second-order valence-electron chi connectivity index (χ2n) is 5.44. The molecule has 2 rings (SSSR count). The summed E-state index contributed by atoms with van der Waals surface area (Å²) in [6.45, 7) is 6.26. The van der Waals surface area contributed by atoms with Gasteiger partial charge < -0.3 is 5.32 Å². The van der Waals surface area contributed by atoms with Crippen LogP contribution in [0.3, 0.4) is 0 Å². The minimum absolute atomic E-state index is 0.157. The van der Waals surface area contributed by atoms with Gasteiger partial charge in [-0.1, -0.05) is 47.5 Å². The number of hydrogen-bond acceptors (Lipinski definition) is 3. The first-order chi connectivity index (χ1) is 11.0. The van der Waals surface area contributed by atoms with E-state index in [9.17, 15) is 4.79 Å². The van der Waals surface area contributed by atoms with Gasteiger partial charge in [0.15, 0.2) is 0 Å². The lowest BCUT2D eigenvalue weighted by Gasteiger charge is -2.13. The van der Waals surface area contributed by atoms with Gasteiger partial charge in [-0.05, 0) is 38.0 Å². The van der Waals surface area contributed by atoms with E-state index in [0.717, 1.165) is 22.4 Å². The number of nitrogens with zero attached hydrogens (tertiary/aromatic N) is 1. The molecule has 4 nitrogen and oxygen atoms in total. The number of amides is 1. The molecule has 2 aromatic carbocycles. The van der Waals surface area contributed by atoms with Gasteiger partial charge in [0.05, 0.1) is 12.8 Å². The fourth-order valence-corrected chi connectivity index (χ4v) is 2.61. The Balaban J connectivity index is 1.90. The molecule has 0 unspecified atom stereocenters. The number of anilines is 1. The SMILES string of the molecule is Cc1cc(C)c(NCC(=O)N/N=C\c2ccccc2Cl)c(C)c1. The lowest BCUT2D eigenvalue weighted by Crippen LogP contribution is -2.26. The summed E-state index contributed by atoms with van der Waals surface area (Å²) in [5.74, 6) is -0.215. The van der Waals surface area contributed by atoms with Gasteiger partial charge in [0, 0.05) is 16.3 Å². The summed E-state index contributed by atoms with van der Waals surface area (Å²) in [7, 11) is 0. The summed E-state index contributed by atoms with van der Waals surface area (Å²) < 4.78 is 0. The number of carbonyl (C=O) groups excluding carboxylic acids is 1. The van der Waals surface area contributed by atoms with E-state index in [0.29, 0.717) is 5.02 Å². The van der Waals surface area contributed by atoms with E-state index in [2.05, 4.69) is 34.9 Å². The predicted octanol–water partition coefficient (Wildman–Crippen LogP) is 3.83. The van der Waals surface area contributed by atoms with Gasteiger partial charge in [-0.2, -0.15) is 5.10 Å². The highest BCUT2D eigenvalue weighted by Crippen LogP contribution is 2.21. The Bertz CT molecular complexity index is 718. The highest BCUT2D eigenvalue weighted by molar-refractivity contribution is 6.33. The van der Waals surface area contributed by atoms with Crippen LogP contribution in [-0.4, -0.2) is 18.7 Å². The molecule has 0 saturated carbocycles. The molecular formula is C18H20ClN3O. The highest BCUT2D eigenvalue weighted by atomic mass is 35.5. The Morgan fingerprint density at radius 1 is 1.17 bits per heavy atom. The zero-order valence-corrected chi connectivity index (χ0v) is 14.2. The van der Waals surface area contributed by atoms with Crippen LogP contribution >= 0.6 is 11.6 Å². The fraction of sp³-hybridized carbons (Fsp3) is 0.222. The van der Waals surface area contributed by atoms with Crippen molar-refractivity contribution < 1.29 is 4.79 Å². The molecule has 1 amide bonds. The monoisotopic (exact) mass is 329 g/mol. The summed E-state index contributed by atoms with van der Waals surface area (Å²) in [5.41, 5.74) is 7.68. The van der Waals surface area contributed by atoms with Crippen LogP contribution in [0.25, 0.3) is 0 Å². The quantitative estimate of drug-likeness (QED) is 0.647. The zero-order chi connectivity index (χ0) is 16.8. The lowest BCUT2D eigenvalue weighted by atomic mass is 10.1. The summed E-state index contributed by atoms with van der Waals surface area (Å²) in [5, 5.41) is 7.67. The minimum Gasteiger partial charge on any atom is -0.376 e. The number of nitrogens with one attached hydrogen (secondary N) is 2. The summed E-state index contributed by atoms with van der Waals surface area (Å²) in [6.07, 6.45) is 1.53. The van der Waals surface area contributed by atoms with Crippen molar-refractivity contribution in [1.29, 1.82) is 0 Å². The number of hydrogen-bond donors (Lipinski definition) is 2. The average Bonchev–Trinajstić information content (AvgIpc) is 2.48. The largest absolute Gasteiger partial charge is 0.376 e. The molecule has 0 aliphatic heterocycles. The number of hydrazone groups is 1.